The monoisotopic (exact) mass is 253 g/mol. The van der Waals surface area contributed by atoms with Gasteiger partial charge in [0, 0.05) is 18.7 Å². The molecule has 0 atom stereocenters. The molecule has 1 aromatic rings. The molecule has 1 fully saturated rings. The van der Waals surface area contributed by atoms with Gasteiger partial charge in [0.25, 0.3) is 0 Å². The Hall–Kier alpha value is -0.960. The maximum absolute atomic E-state index is 13.4. The van der Waals surface area contributed by atoms with Crippen molar-refractivity contribution in [2.45, 2.75) is 45.6 Å². The van der Waals surface area contributed by atoms with Gasteiger partial charge in [-0.1, -0.05) is 26.2 Å². The maximum Gasteiger partial charge on any atom is 0.127 e. The van der Waals surface area contributed by atoms with E-state index in [0.717, 1.165) is 12.6 Å². The van der Waals surface area contributed by atoms with Crippen molar-refractivity contribution in [2.24, 2.45) is 5.41 Å². The first-order chi connectivity index (χ1) is 8.59. The van der Waals surface area contributed by atoms with E-state index >= 15 is 0 Å². The van der Waals surface area contributed by atoms with E-state index < -0.39 is 0 Å². The fraction of sp³-hybridized carbons (Fsp3) is 0.600. The van der Waals surface area contributed by atoms with Crippen LogP contribution in [0.4, 0.5) is 8.78 Å². The van der Waals surface area contributed by atoms with Gasteiger partial charge in [-0.2, -0.15) is 0 Å². The normalized spacial score (nSPS) is 18.8. The van der Waals surface area contributed by atoms with Crippen LogP contribution in [-0.4, -0.2) is 6.54 Å². The molecule has 0 amide bonds. The van der Waals surface area contributed by atoms with Crippen LogP contribution in [0.25, 0.3) is 0 Å². The van der Waals surface area contributed by atoms with Crippen molar-refractivity contribution in [3.8, 4) is 0 Å². The lowest BCUT2D eigenvalue weighted by atomic mass is 9.76. The molecular weight excluding hydrogens is 232 g/mol. The number of halogens is 2. The van der Waals surface area contributed by atoms with E-state index in [2.05, 4.69) is 12.2 Å². The van der Waals surface area contributed by atoms with Crippen molar-refractivity contribution in [3.63, 3.8) is 0 Å². The van der Waals surface area contributed by atoms with Crippen molar-refractivity contribution >= 4 is 0 Å². The van der Waals surface area contributed by atoms with Gasteiger partial charge >= 0.3 is 0 Å². The van der Waals surface area contributed by atoms with Gasteiger partial charge < -0.3 is 5.32 Å². The second kappa shape index (κ2) is 5.79. The van der Waals surface area contributed by atoms with Gasteiger partial charge in [0.1, 0.15) is 11.6 Å². The van der Waals surface area contributed by atoms with Crippen molar-refractivity contribution in [2.75, 3.05) is 6.54 Å². The molecule has 0 aliphatic heterocycles. The number of nitrogens with one attached hydrogen (secondary N) is 1. The summed E-state index contributed by atoms with van der Waals surface area (Å²) in [6.07, 6.45) is 6.35. The average molecular weight is 253 g/mol. The summed E-state index contributed by atoms with van der Waals surface area (Å²) in [5, 5.41) is 3.27. The molecule has 3 heteroatoms. The summed E-state index contributed by atoms with van der Waals surface area (Å²) < 4.78 is 26.4. The zero-order valence-electron chi connectivity index (χ0n) is 10.9. The highest BCUT2D eigenvalue weighted by Crippen LogP contribution is 2.34. The van der Waals surface area contributed by atoms with Crippen molar-refractivity contribution in [1.82, 2.24) is 5.32 Å². The molecule has 1 aliphatic carbocycles. The minimum atomic E-state index is -0.378. The third-order valence-corrected chi connectivity index (χ3v) is 3.94. The van der Waals surface area contributed by atoms with Crippen LogP contribution in [0, 0.1) is 17.0 Å². The smallest absolute Gasteiger partial charge is 0.127 e. The van der Waals surface area contributed by atoms with Crippen molar-refractivity contribution in [3.05, 3.63) is 35.4 Å². The summed E-state index contributed by atoms with van der Waals surface area (Å²) >= 11 is 0. The predicted molar refractivity (Wildman–Crippen MR) is 69.3 cm³/mol. The Morgan fingerprint density at radius 1 is 1.17 bits per heavy atom. The van der Waals surface area contributed by atoms with Crippen LogP contribution in [0.2, 0.25) is 0 Å². The second-order valence-electron chi connectivity index (χ2n) is 5.71. The minimum absolute atomic E-state index is 0.321. The largest absolute Gasteiger partial charge is 0.312 e. The molecule has 1 aromatic carbocycles. The van der Waals surface area contributed by atoms with Crippen LogP contribution in [-0.2, 0) is 6.54 Å². The Kier molecular flexibility index (Phi) is 4.33. The Bertz CT molecular complexity index is 397. The summed E-state index contributed by atoms with van der Waals surface area (Å²) in [5.41, 5.74) is 0.733. The lowest BCUT2D eigenvalue weighted by Crippen LogP contribution is -2.33. The Morgan fingerprint density at radius 2 is 1.89 bits per heavy atom. The third-order valence-electron chi connectivity index (χ3n) is 3.94. The summed E-state index contributed by atoms with van der Waals surface area (Å²) in [5.74, 6) is -0.713. The molecule has 1 N–H and O–H groups in total. The van der Waals surface area contributed by atoms with Gasteiger partial charge in [-0.15, -0.1) is 0 Å². The highest BCUT2D eigenvalue weighted by atomic mass is 19.1. The zero-order chi connectivity index (χ0) is 13.0. The Balaban J connectivity index is 1.86. The van der Waals surface area contributed by atoms with E-state index in [1.54, 1.807) is 0 Å². The molecule has 1 saturated carbocycles. The summed E-state index contributed by atoms with van der Waals surface area (Å²) in [6.45, 7) is 3.56. The lowest BCUT2D eigenvalue weighted by molar-refractivity contribution is 0.207. The first-order valence-corrected chi connectivity index (χ1v) is 6.74. The molecule has 100 valence electrons. The Labute approximate surface area is 108 Å². The molecule has 0 unspecified atom stereocenters. The SMILES string of the molecule is CC1(CNCc2cc(F)ccc2F)CCCCC1. The van der Waals surface area contributed by atoms with Crippen LogP contribution in [0.3, 0.4) is 0 Å². The van der Waals surface area contributed by atoms with Crippen molar-refractivity contribution < 1.29 is 8.78 Å². The lowest BCUT2D eigenvalue weighted by Gasteiger charge is -2.33. The maximum atomic E-state index is 13.4. The summed E-state index contributed by atoms with van der Waals surface area (Å²) in [4.78, 5) is 0. The van der Waals surface area contributed by atoms with Crippen LogP contribution < -0.4 is 5.32 Å². The number of hydrogen-bond acceptors (Lipinski definition) is 1. The van der Waals surface area contributed by atoms with Gasteiger partial charge in [-0.3, -0.25) is 0 Å². The molecule has 0 spiro atoms. The molecule has 0 radical (unpaired) electrons. The van der Waals surface area contributed by atoms with Crippen LogP contribution in [0.5, 0.6) is 0 Å². The molecule has 0 bridgehead atoms. The highest BCUT2D eigenvalue weighted by molar-refractivity contribution is 5.18. The molecular formula is C15H21F2N. The van der Waals surface area contributed by atoms with E-state index in [-0.39, 0.29) is 11.6 Å². The van der Waals surface area contributed by atoms with Crippen LogP contribution in [0.1, 0.15) is 44.6 Å². The van der Waals surface area contributed by atoms with E-state index in [0.29, 0.717) is 17.5 Å². The third kappa shape index (κ3) is 3.52. The van der Waals surface area contributed by atoms with E-state index in [9.17, 15) is 8.78 Å². The molecule has 1 aliphatic rings. The zero-order valence-corrected chi connectivity index (χ0v) is 10.9. The Morgan fingerprint density at radius 3 is 2.61 bits per heavy atom. The second-order valence-corrected chi connectivity index (χ2v) is 5.71. The molecule has 0 aromatic heterocycles. The predicted octanol–water partition coefficient (Wildman–Crippen LogP) is 4.02. The van der Waals surface area contributed by atoms with E-state index in [1.165, 1.54) is 44.2 Å². The molecule has 18 heavy (non-hydrogen) atoms. The van der Waals surface area contributed by atoms with Crippen LogP contribution in [0.15, 0.2) is 18.2 Å². The van der Waals surface area contributed by atoms with Gasteiger partial charge in [0.15, 0.2) is 0 Å². The van der Waals surface area contributed by atoms with Crippen LogP contribution >= 0.6 is 0 Å². The topological polar surface area (TPSA) is 12.0 Å². The van der Waals surface area contributed by atoms with Gasteiger partial charge in [0.05, 0.1) is 0 Å². The summed E-state index contributed by atoms with van der Waals surface area (Å²) in [6, 6.07) is 3.61. The van der Waals surface area contributed by atoms with Gasteiger partial charge in [-0.05, 0) is 36.5 Å². The number of rotatable bonds is 4. The molecule has 0 saturated heterocycles. The minimum Gasteiger partial charge on any atom is -0.312 e. The van der Waals surface area contributed by atoms with Crippen molar-refractivity contribution in [1.29, 1.82) is 0 Å². The number of benzene rings is 1. The standard InChI is InChI=1S/C15H21F2N/c1-15(7-3-2-4-8-15)11-18-10-12-9-13(16)5-6-14(12)17/h5-6,9,18H,2-4,7-8,10-11H2,1H3. The average Bonchev–Trinajstić information content (AvgIpc) is 2.34. The van der Waals surface area contributed by atoms with E-state index in [4.69, 9.17) is 0 Å². The first kappa shape index (κ1) is 13.5. The quantitative estimate of drug-likeness (QED) is 0.854. The fourth-order valence-corrected chi connectivity index (χ4v) is 2.76. The van der Waals surface area contributed by atoms with Gasteiger partial charge in [-0.25, -0.2) is 8.78 Å². The van der Waals surface area contributed by atoms with Gasteiger partial charge in [0.2, 0.25) is 0 Å². The molecule has 2 rings (SSSR count). The molecule has 1 nitrogen and oxygen atoms in total. The highest BCUT2D eigenvalue weighted by Gasteiger charge is 2.26. The molecule has 0 heterocycles. The first-order valence-electron chi connectivity index (χ1n) is 6.74. The fourth-order valence-electron chi connectivity index (χ4n) is 2.76. The number of hydrogen-bond donors (Lipinski definition) is 1. The van der Waals surface area contributed by atoms with E-state index in [1.807, 2.05) is 0 Å². The summed E-state index contributed by atoms with van der Waals surface area (Å²) in [7, 11) is 0.